The van der Waals surface area contributed by atoms with Crippen molar-refractivity contribution in [2.45, 2.75) is 24.7 Å². The van der Waals surface area contributed by atoms with Crippen molar-refractivity contribution in [3.63, 3.8) is 0 Å². The Kier molecular flexibility index (Phi) is 4.44. The summed E-state index contributed by atoms with van der Waals surface area (Å²) in [6, 6.07) is 7.26. The van der Waals surface area contributed by atoms with Crippen LogP contribution >= 0.6 is 0 Å². The average Bonchev–Trinajstić information content (AvgIpc) is 2.98. The predicted octanol–water partition coefficient (Wildman–Crippen LogP) is 0.909. The van der Waals surface area contributed by atoms with E-state index in [0.29, 0.717) is 30.7 Å². The Labute approximate surface area is 129 Å². The molecule has 2 N–H and O–H groups in total. The molecule has 1 atom stereocenters. The first-order chi connectivity index (χ1) is 10.6. The number of H-pyrrole nitrogens is 1. The maximum absolute atomic E-state index is 12.6. The second-order valence-corrected chi connectivity index (χ2v) is 6.88. The zero-order chi connectivity index (χ0) is 15.6. The summed E-state index contributed by atoms with van der Waals surface area (Å²) in [6.07, 6.45) is 0.432. The molecule has 1 unspecified atom stereocenters. The number of nitrogens with one attached hydrogen (secondary N) is 2. The Hall–Kier alpha value is -1.48. The average molecular weight is 324 g/mol. The van der Waals surface area contributed by atoms with Gasteiger partial charge in [0.25, 0.3) is 10.0 Å². The number of hydrogen-bond acceptors (Lipinski definition) is 5. The van der Waals surface area contributed by atoms with Crippen LogP contribution in [0.2, 0.25) is 0 Å². The molecule has 8 heteroatoms. The fourth-order valence-corrected chi connectivity index (χ4v) is 3.85. The van der Waals surface area contributed by atoms with Gasteiger partial charge in [-0.25, -0.2) is 13.4 Å². The minimum Gasteiger partial charge on any atom is -0.379 e. The van der Waals surface area contributed by atoms with Gasteiger partial charge in [0, 0.05) is 13.1 Å². The molecule has 1 saturated heterocycles. The topological polar surface area (TPSA) is 87.3 Å². The summed E-state index contributed by atoms with van der Waals surface area (Å²) < 4.78 is 33.2. The molecule has 1 aromatic carbocycles. The monoisotopic (exact) mass is 324 g/mol. The van der Waals surface area contributed by atoms with E-state index in [1.165, 1.54) is 0 Å². The van der Waals surface area contributed by atoms with E-state index in [2.05, 4.69) is 19.6 Å². The number of fused-ring (bicyclic) bond motifs is 1. The van der Waals surface area contributed by atoms with E-state index in [-0.39, 0.29) is 11.3 Å². The van der Waals surface area contributed by atoms with E-state index in [1.54, 1.807) is 12.1 Å². The van der Waals surface area contributed by atoms with Gasteiger partial charge in [-0.3, -0.25) is 4.90 Å². The molecule has 0 spiro atoms. The largest absolute Gasteiger partial charge is 0.379 e. The number of imidazole rings is 1. The summed E-state index contributed by atoms with van der Waals surface area (Å²) >= 11 is 0. The lowest BCUT2D eigenvalue weighted by atomic mass is 10.3. The standard InChI is InChI=1S/C14H20N4O3S/c1-2-13(18-7-9-21-10-8-18)17-22(19,20)14-15-11-5-3-4-6-12(11)16-14/h3-6,13,17H,2,7-10H2,1H3,(H,15,16). The number of nitrogens with zero attached hydrogens (tertiary/aromatic N) is 2. The number of para-hydroxylation sites is 2. The van der Waals surface area contributed by atoms with E-state index in [4.69, 9.17) is 4.74 Å². The minimum absolute atomic E-state index is 0.0413. The first-order valence-corrected chi connectivity index (χ1v) is 8.87. The number of benzene rings is 1. The molecule has 7 nitrogen and oxygen atoms in total. The number of sulfonamides is 1. The van der Waals surface area contributed by atoms with Crippen molar-refractivity contribution in [1.82, 2.24) is 19.6 Å². The van der Waals surface area contributed by atoms with Gasteiger partial charge in [-0.2, -0.15) is 4.72 Å². The Morgan fingerprint density at radius 2 is 2.09 bits per heavy atom. The highest BCUT2D eigenvalue weighted by Gasteiger charge is 2.27. The van der Waals surface area contributed by atoms with Crippen LogP contribution in [0.5, 0.6) is 0 Å². The van der Waals surface area contributed by atoms with Crippen LogP contribution in [0.15, 0.2) is 29.4 Å². The molecule has 0 aliphatic carbocycles. The first-order valence-electron chi connectivity index (χ1n) is 7.39. The molecule has 0 amide bonds. The summed E-state index contributed by atoms with van der Waals surface area (Å²) in [5.74, 6) is 0. The predicted molar refractivity (Wildman–Crippen MR) is 82.9 cm³/mol. The first kappa shape index (κ1) is 15.4. The maximum atomic E-state index is 12.6. The van der Waals surface area contributed by atoms with Crippen LogP contribution in [-0.2, 0) is 14.8 Å². The maximum Gasteiger partial charge on any atom is 0.275 e. The number of ether oxygens (including phenoxy) is 1. The quantitative estimate of drug-likeness (QED) is 0.853. The van der Waals surface area contributed by atoms with E-state index in [1.807, 2.05) is 19.1 Å². The highest BCUT2D eigenvalue weighted by atomic mass is 32.2. The normalized spacial score (nSPS) is 18.6. The fourth-order valence-electron chi connectivity index (χ4n) is 2.60. The highest BCUT2D eigenvalue weighted by molar-refractivity contribution is 7.89. The smallest absolute Gasteiger partial charge is 0.275 e. The van der Waals surface area contributed by atoms with Gasteiger partial charge in [-0.15, -0.1) is 0 Å². The molecule has 0 bridgehead atoms. The van der Waals surface area contributed by atoms with E-state index < -0.39 is 10.0 Å². The summed E-state index contributed by atoms with van der Waals surface area (Å²) in [7, 11) is -3.68. The Morgan fingerprint density at radius 3 is 2.77 bits per heavy atom. The van der Waals surface area contributed by atoms with Crippen LogP contribution in [-0.4, -0.2) is 55.8 Å². The third-order valence-corrected chi connectivity index (χ3v) is 5.07. The molecule has 1 aliphatic rings. The molecule has 1 fully saturated rings. The van der Waals surface area contributed by atoms with Crippen LogP contribution in [0.4, 0.5) is 0 Å². The van der Waals surface area contributed by atoms with Gasteiger partial charge < -0.3 is 9.72 Å². The number of aromatic amines is 1. The van der Waals surface area contributed by atoms with Gasteiger partial charge in [0.15, 0.2) is 0 Å². The fraction of sp³-hybridized carbons (Fsp3) is 0.500. The van der Waals surface area contributed by atoms with Crippen LogP contribution < -0.4 is 4.72 Å². The molecule has 2 heterocycles. The van der Waals surface area contributed by atoms with Gasteiger partial charge in [-0.1, -0.05) is 19.1 Å². The van der Waals surface area contributed by atoms with Crippen molar-refractivity contribution in [3.8, 4) is 0 Å². The van der Waals surface area contributed by atoms with E-state index in [9.17, 15) is 8.42 Å². The van der Waals surface area contributed by atoms with Crippen molar-refractivity contribution >= 4 is 21.1 Å². The number of morpholine rings is 1. The molecule has 120 valence electrons. The van der Waals surface area contributed by atoms with Gasteiger partial charge in [0.05, 0.1) is 30.4 Å². The van der Waals surface area contributed by atoms with Crippen LogP contribution in [0.25, 0.3) is 11.0 Å². The Bertz CT molecular complexity index is 704. The van der Waals surface area contributed by atoms with Gasteiger partial charge in [0.2, 0.25) is 5.16 Å². The zero-order valence-electron chi connectivity index (χ0n) is 12.4. The Balaban J connectivity index is 1.82. The molecule has 2 aromatic rings. The van der Waals surface area contributed by atoms with Crippen molar-refractivity contribution in [2.75, 3.05) is 26.3 Å². The Morgan fingerprint density at radius 1 is 1.36 bits per heavy atom. The highest BCUT2D eigenvalue weighted by Crippen LogP contribution is 2.15. The third kappa shape index (κ3) is 3.14. The van der Waals surface area contributed by atoms with Gasteiger partial charge in [0.1, 0.15) is 0 Å². The lowest BCUT2D eigenvalue weighted by Crippen LogP contribution is -2.52. The third-order valence-electron chi connectivity index (χ3n) is 3.79. The van der Waals surface area contributed by atoms with Crippen LogP contribution in [0.3, 0.4) is 0 Å². The summed E-state index contributed by atoms with van der Waals surface area (Å²) in [6.45, 7) is 4.66. The molecule has 1 aromatic heterocycles. The van der Waals surface area contributed by atoms with E-state index >= 15 is 0 Å². The lowest BCUT2D eigenvalue weighted by Gasteiger charge is -2.33. The van der Waals surface area contributed by atoms with Crippen LogP contribution in [0.1, 0.15) is 13.3 Å². The molecular formula is C14H20N4O3S. The number of rotatable bonds is 5. The van der Waals surface area contributed by atoms with Gasteiger partial charge in [-0.05, 0) is 18.6 Å². The summed E-state index contributed by atoms with van der Waals surface area (Å²) in [5.41, 5.74) is 1.35. The summed E-state index contributed by atoms with van der Waals surface area (Å²) in [4.78, 5) is 9.12. The van der Waals surface area contributed by atoms with Crippen molar-refractivity contribution in [2.24, 2.45) is 0 Å². The number of hydrogen-bond donors (Lipinski definition) is 2. The molecule has 0 saturated carbocycles. The van der Waals surface area contributed by atoms with Crippen molar-refractivity contribution in [3.05, 3.63) is 24.3 Å². The second-order valence-electron chi connectivity index (χ2n) is 5.25. The van der Waals surface area contributed by atoms with Crippen LogP contribution in [0, 0.1) is 0 Å². The molecule has 22 heavy (non-hydrogen) atoms. The molecular weight excluding hydrogens is 304 g/mol. The minimum atomic E-state index is -3.68. The second kappa shape index (κ2) is 6.33. The number of aromatic nitrogens is 2. The SMILES string of the molecule is CCC(NS(=O)(=O)c1nc2ccccc2[nH]1)N1CCOCC1. The molecule has 1 aliphatic heterocycles. The lowest BCUT2D eigenvalue weighted by molar-refractivity contribution is 0.0133. The van der Waals surface area contributed by atoms with Crippen molar-refractivity contribution in [1.29, 1.82) is 0 Å². The van der Waals surface area contributed by atoms with Crippen molar-refractivity contribution < 1.29 is 13.2 Å². The van der Waals surface area contributed by atoms with E-state index in [0.717, 1.165) is 13.1 Å². The summed E-state index contributed by atoms with van der Waals surface area (Å²) in [5, 5.41) is -0.0413. The molecule has 3 rings (SSSR count). The van der Waals surface area contributed by atoms with Gasteiger partial charge >= 0.3 is 0 Å². The molecule has 0 radical (unpaired) electrons. The zero-order valence-corrected chi connectivity index (χ0v) is 13.3.